The molecule has 0 N–H and O–H groups in total. The number of aromatic nitrogens is 3. The minimum Gasteiger partial charge on any atom is -0.450 e. The van der Waals surface area contributed by atoms with Crippen LogP contribution in [0.3, 0.4) is 0 Å². The molecule has 0 unspecified atom stereocenters. The van der Waals surface area contributed by atoms with Crippen LogP contribution in [0.2, 0.25) is 0 Å². The molecule has 0 atom stereocenters. The first kappa shape index (κ1) is 23.7. The summed E-state index contributed by atoms with van der Waals surface area (Å²) in [4.78, 5) is 24.9. The summed E-state index contributed by atoms with van der Waals surface area (Å²) in [5.41, 5.74) is 1.84. The second-order valence-electron chi connectivity index (χ2n) is 8.40. The molecule has 4 aromatic rings. The Hall–Kier alpha value is -4.08. The predicted octanol–water partition coefficient (Wildman–Crippen LogP) is 5.38. The zero-order valence-corrected chi connectivity index (χ0v) is 19.6. The van der Waals surface area contributed by atoms with Gasteiger partial charge in [0.05, 0.1) is 17.6 Å². The van der Waals surface area contributed by atoms with Crippen LogP contribution in [0.5, 0.6) is 0 Å². The van der Waals surface area contributed by atoms with E-state index in [0.29, 0.717) is 49.9 Å². The molecule has 0 radical (unpaired) electrons. The zero-order chi connectivity index (χ0) is 25.3. The normalized spacial score (nSPS) is 14.3. The smallest absolute Gasteiger partial charge is 0.416 e. The van der Waals surface area contributed by atoms with Gasteiger partial charge in [-0.1, -0.05) is 36.4 Å². The molecule has 0 saturated carbocycles. The van der Waals surface area contributed by atoms with Gasteiger partial charge < -0.3 is 19.1 Å². The van der Waals surface area contributed by atoms with Crippen molar-refractivity contribution in [3.63, 3.8) is 0 Å². The number of fused-ring (bicyclic) bond motifs is 1. The molecule has 1 aliphatic rings. The highest BCUT2D eigenvalue weighted by Crippen LogP contribution is 2.38. The summed E-state index contributed by atoms with van der Waals surface area (Å²) in [5.74, 6) is 0.674. The number of ether oxygens (including phenoxy) is 1. The van der Waals surface area contributed by atoms with Crippen molar-refractivity contribution in [3.8, 4) is 16.8 Å². The van der Waals surface area contributed by atoms with Crippen molar-refractivity contribution in [1.82, 2.24) is 19.4 Å². The lowest BCUT2D eigenvalue weighted by molar-refractivity contribution is -0.137. The highest BCUT2D eigenvalue weighted by Gasteiger charge is 2.31. The van der Waals surface area contributed by atoms with Crippen molar-refractivity contribution < 1.29 is 22.7 Å². The number of piperazine rings is 1. The second kappa shape index (κ2) is 9.52. The van der Waals surface area contributed by atoms with E-state index in [1.165, 1.54) is 12.4 Å². The van der Waals surface area contributed by atoms with Gasteiger partial charge in [0.2, 0.25) is 0 Å². The van der Waals surface area contributed by atoms with Gasteiger partial charge in [0.25, 0.3) is 0 Å². The van der Waals surface area contributed by atoms with Crippen LogP contribution in [0.25, 0.3) is 27.8 Å². The number of nitrogens with zero attached hydrogens (tertiary/aromatic N) is 5. The van der Waals surface area contributed by atoms with Crippen LogP contribution in [0, 0.1) is 0 Å². The van der Waals surface area contributed by atoms with Gasteiger partial charge in [0, 0.05) is 43.6 Å². The summed E-state index contributed by atoms with van der Waals surface area (Å²) in [6, 6.07) is 14.8. The fraction of sp³-hybridized carbons (Fsp3) is 0.269. The number of carbonyl (C=O) groups excluding carboxylic acids is 1. The number of hydrogen-bond donors (Lipinski definition) is 0. The van der Waals surface area contributed by atoms with Crippen LogP contribution in [0.1, 0.15) is 12.5 Å². The van der Waals surface area contributed by atoms with E-state index in [9.17, 15) is 18.0 Å². The Labute approximate surface area is 205 Å². The summed E-state index contributed by atoms with van der Waals surface area (Å²) in [5, 5.41) is 0.741. The minimum atomic E-state index is -4.46. The van der Waals surface area contributed by atoms with Gasteiger partial charge in [-0.3, -0.25) is 0 Å². The Balaban J connectivity index is 1.61. The molecule has 186 valence electrons. The molecule has 2 aromatic heterocycles. The van der Waals surface area contributed by atoms with Crippen molar-refractivity contribution in [2.24, 2.45) is 0 Å². The maximum Gasteiger partial charge on any atom is 0.416 e. The first-order chi connectivity index (χ1) is 17.4. The van der Waals surface area contributed by atoms with Crippen LogP contribution in [0.4, 0.5) is 23.8 Å². The highest BCUT2D eigenvalue weighted by molar-refractivity contribution is 6.02. The Morgan fingerprint density at radius 3 is 2.44 bits per heavy atom. The monoisotopic (exact) mass is 495 g/mol. The van der Waals surface area contributed by atoms with E-state index >= 15 is 0 Å². The molecule has 1 saturated heterocycles. The van der Waals surface area contributed by atoms with Crippen LogP contribution in [-0.4, -0.2) is 58.3 Å². The van der Waals surface area contributed by atoms with Crippen LogP contribution < -0.4 is 4.90 Å². The lowest BCUT2D eigenvalue weighted by Gasteiger charge is -2.35. The van der Waals surface area contributed by atoms with Crippen molar-refractivity contribution in [3.05, 3.63) is 72.7 Å². The number of benzene rings is 2. The number of amides is 1. The van der Waals surface area contributed by atoms with E-state index in [4.69, 9.17) is 4.74 Å². The van der Waals surface area contributed by atoms with E-state index in [1.54, 1.807) is 22.5 Å². The third-order valence-electron chi connectivity index (χ3n) is 6.20. The zero-order valence-electron chi connectivity index (χ0n) is 19.6. The summed E-state index contributed by atoms with van der Waals surface area (Å²) in [6.45, 7) is 4.10. The van der Waals surface area contributed by atoms with Gasteiger partial charge in [-0.15, -0.1) is 0 Å². The number of halogens is 3. The van der Waals surface area contributed by atoms with Gasteiger partial charge in [-0.2, -0.15) is 13.2 Å². The van der Waals surface area contributed by atoms with Crippen LogP contribution >= 0.6 is 0 Å². The largest absolute Gasteiger partial charge is 0.450 e. The van der Waals surface area contributed by atoms with Crippen LogP contribution in [0.15, 0.2) is 67.1 Å². The average molecular weight is 496 g/mol. The molecule has 1 amide bonds. The fourth-order valence-electron chi connectivity index (χ4n) is 4.47. The van der Waals surface area contributed by atoms with Crippen molar-refractivity contribution >= 4 is 22.9 Å². The Morgan fingerprint density at radius 2 is 1.75 bits per heavy atom. The Bertz CT molecular complexity index is 1380. The van der Waals surface area contributed by atoms with E-state index in [1.807, 2.05) is 36.5 Å². The van der Waals surface area contributed by atoms with Crippen molar-refractivity contribution in [2.45, 2.75) is 13.1 Å². The molecule has 10 heteroatoms. The maximum atomic E-state index is 13.4. The van der Waals surface area contributed by atoms with Gasteiger partial charge in [0.15, 0.2) is 5.65 Å². The van der Waals surface area contributed by atoms with Gasteiger partial charge in [-0.05, 0) is 30.7 Å². The molecule has 0 spiro atoms. The van der Waals surface area contributed by atoms with Crippen molar-refractivity contribution in [2.75, 3.05) is 37.7 Å². The third kappa shape index (κ3) is 4.46. The number of anilines is 1. The molecule has 5 rings (SSSR count). The molecule has 36 heavy (non-hydrogen) atoms. The van der Waals surface area contributed by atoms with Crippen molar-refractivity contribution in [1.29, 1.82) is 0 Å². The second-order valence-corrected chi connectivity index (χ2v) is 8.40. The van der Waals surface area contributed by atoms with Gasteiger partial charge >= 0.3 is 12.3 Å². The van der Waals surface area contributed by atoms with E-state index < -0.39 is 11.7 Å². The first-order valence-electron chi connectivity index (χ1n) is 11.6. The van der Waals surface area contributed by atoms with Gasteiger partial charge in [0.1, 0.15) is 12.1 Å². The molecule has 7 nitrogen and oxygen atoms in total. The average Bonchev–Trinajstić information content (AvgIpc) is 3.29. The SMILES string of the molecule is CCOC(=O)N1CCN(c2ncnc3c2c(-c2ccccc2)cn3-c2cccc(C(F)(F)F)c2)CC1. The minimum absolute atomic E-state index is 0.315. The molecule has 3 heterocycles. The number of rotatable bonds is 4. The fourth-order valence-corrected chi connectivity index (χ4v) is 4.47. The Kier molecular flexibility index (Phi) is 6.26. The molecular formula is C26H24F3N5O2. The molecule has 2 aromatic carbocycles. The molecule has 1 fully saturated rings. The summed E-state index contributed by atoms with van der Waals surface area (Å²) in [6.07, 6.45) is -1.57. The number of alkyl halides is 3. The van der Waals surface area contributed by atoms with E-state index in [0.717, 1.165) is 28.6 Å². The predicted molar refractivity (Wildman–Crippen MR) is 130 cm³/mol. The molecule has 0 bridgehead atoms. The standard InChI is InChI=1S/C26H24F3N5O2/c1-2-36-25(35)33-13-11-32(12-14-33)23-22-21(18-7-4-3-5-8-18)16-34(24(22)31-17-30-23)20-10-6-9-19(15-20)26(27,28)29/h3-10,15-17H,2,11-14H2,1H3. The topological polar surface area (TPSA) is 63.5 Å². The Morgan fingerprint density at radius 1 is 1.00 bits per heavy atom. The molecular weight excluding hydrogens is 471 g/mol. The highest BCUT2D eigenvalue weighted by atomic mass is 19.4. The number of carbonyl (C=O) groups is 1. The lowest BCUT2D eigenvalue weighted by atomic mass is 10.1. The van der Waals surface area contributed by atoms with Crippen LogP contribution in [-0.2, 0) is 10.9 Å². The maximum absolute atomic E-state index is 13.4. The lowest BCUT2D eigenvalue weighted by Crippen LogP contribution is -2.49. The molecule has 0 aliphatic carbocycles. The summed E-state index contributed by atoms with van der Waals surface area (Å²) in [7, 11) is 0. The molecule has 1 aliphatic heterocycles. The van der Waals surface area contributed by atoms with E-state index in [-0.39, 0.29) is 6.09 Å². The van der Waals surface area contributed by atoms with E-state index in [2.05, 4.69) is 14.9 Å². The third-order valence-corrected chi connectivity index (χ3v) is 6.20. The summed E-state index contributed by atoms with van der Waals surface area (Å²) >= 11 is 0. The number of hydrogen-bond acceptors (Lipinski definition) is 5. The first-order valence-corrected chi connectivity index (χ1v) is 11.6. The van der Waals surface area contributed by atoms with Gasteiger partial charge in [-0.25, -0.2) is 14.8 Å². The quantitative estimate of drug-likeness (QED) is 0.380. The summed E-state index contributed by atoms with van der Waals surface area (Å²) < 4.78 is 47.1.